The van der Waals surface area contributed by atoms with Gasteiger partial charge < -0.3 is 11.1 Å². The maximum atomic E-state index is 12.0. The second kappa shape index (κ2) is 7.14. The molecule has 0 aliphatic rings. The van der Waals surface area contributed by atoms with Gasteiger partial charge in [0, 0.05) is 11.9 Å². The fourth-order valence-electron chi connectivity index (χ4n) is 2.01. The zero-order valence-corrected chi connectivity index (χ0v) is 12.4. The van der Waals surface area contributed by atoms with Crippen LogP contribution in [0.3, 0.4) is 0 Å². The van der Waals surface area contributed by atoms with Crippen LogP contribution in [0.5, 0.6) is 0 Å². The van der Waals surface area contributed by atoms with E-state index in [0.717, 1.165) is 29.4 Å². The van der Waals surface area contributed by atoms with E-state index in [2.05, 4.69) is 16.6 Å². The van der Waals surface area contributed by atoms with Crippen molar-refractivity contribution in [3.8, 4) is 0 Å². The summed E-state index contributed by atoms with van der Waals surface area (Å²) in [6, 6.07) is 9.45. The molecule has 0 atom stereocenters. The van der Waals surface area contributed by atoms with E-state index in [1.54, 1.807) is 6.07 Å². The molecule has 1 amide bonds. The Labute approximate surface area is 123 Å². The number of unbranched alkanes of at least 4 members (excludes halogenated alkanes) is 1. The summed E-state index contributed by atoms with van der Waals surface area (Å²) in [7, 11) is 0. The molecule has 0 fully saturated rings. The van der Waals surface area contributed by atoms with Crippen LogP contribution in [-0.2, 0) is 0 Å². The van der Waals surface area contributed by atoms with Gasteiger partial charge in [0.05, 0.1) is 0 Å². The van der Waals surface area contributed by atoms with Gasteiger partial charge in [0.2, 0.25) is 0 Å². The molecule has 4 nitrogen and oxygen atoms in total. The molecule has 0 bridgehead atoms. The van der Waals surface area contributed by atoms with Crippen molar-refractivity contribution in [2.75, 3.05) is 24.3 Å². The molecule has 0 saturated carbocycles. The highest BCUT2D eigenvalue weighted by atomic mass is 32.2. The van der Waals surface area contributed by atoms with E-state index in [1.165, 1.54) is 0 Å². The third-order valence-electron chi connectivity index (χ3n) is 3.06. The van der Waals surface area contributed by atoms with Gasteiger partial charge in [0.15, 0.2) is 0 Å². The first-order valence-corrected chi connectivity index (χ1v) is 8.04. The lowest BCUT2D eigenvalue weighted by Crippen LogP contribution is -2.25. The summed E-state index contributed by atoms with van der Waals surface area (Å²) in [5.74, 6) is 1.36. The Kier molecular flexibility index (Phi) is 5.24. The lowest BCUT2D eigenvalue weighted by Gasteiger charge is -2.07. The van der Waals surface area contributed by atoms with Crippen molar-refractivity contribution < 1.29 is 4.79 Å². The number of pyridine rings is 1. The minimum absolute atomic E-state index is 0.161. The van der Waals surface area contributed by atoms with Gasteiger partial charge in [-0.2, -0.15) is 11.8 Å². The topological polar surface area (TPSA) is 68.0 Å². The standard InChI is InChI=1S/C15H19N3OS/c1-20-9-5-4-8-17-15(19)13-10-11-6-2-3-7-12(11)14(16)18-13/h2-3,6-7,10H,4-5,8-9H2,1H3,(H2,16,18)(H,17,19). The maximum absolute atomic E-state index is 12.0. The number of benzene rings is 1. The largest absolute Gasteiger partial charge is 0.383 e. The number of rotatable bonds is 6. The summed E-state index contributed by atoms with van der Waals surface area (Å²) >= 11 is 1.82. The average molecular weight is 289 g/mol. The second-order valence-corrected chi connectivity index (χ2v) is 5.56. The minimum atomic E-state index is -0.161. The molecule has 1 heterocycles. The van der Waals surface area contributed by atoms with Crippen molar-refractivity contribution in [1.82, 2.24) is 10.3 Å². The number of anilines is 1. The third-order valence-corrected chi connectivity index (χ3v) is 3.76. The summed E-state index contributed by atoms with van der Waals surface area (Å²) in [6.45, 7) is 0.674. The molecule has 0 radical (unpaired) electrons. The van der Waals surface area contributed by atoms with Crippen LogP contribution >= 0.6 is 11.8 Å². The van der Waals surface area contributed by atoms with Gasteiger partial charge in [-0.1, -0.05) is 24.3 Å². The molecule has 2 rings (SSSR count). The first kappa shape index (κ1) is 14.7. The van der Waals surface area contributed by atoms with Crippen LogP contribution in [0.25, 0.3) is 10.8 Å². The molecule has 0 aliphatic heterocycles. The van der Waals surface area contributed by atoms with Crippen molar-refractivity contribution in [1.29, 1.82) is 0 Å². The Bertz CT molecular complexity index is 601. The normalized spacial score (nSPS) is 10.7. The van der Waals surface area contributed by atoms with E-state index in [0.29, 0.717) is 18.1 Å². The fraction of sp³-hybridized carbons (Fsp3) is 0.333. The van der Waals surface area contributed by atoms with E-state index in [1.807, 2.05) is 36.0 Å². The molecule has 3 N–H and O–H groups in total. The monoisotopic (exact) mass is 289 g/mol. The van der Waals surface area contributed by atoms with Crippen molar-refractivity contribution in [3.05, 3.63) is 36.0 Å². The SMILES string of the molecule is CSCCCCNC(=O)c1cc2ccccc2c(N)n1. The number of carbonyl (C=O) groups is 1. The van der Waals surface area contributed by atoms with Gasteiger partial charge in [-0.15, -0.1) is 0 Å². The van der Waals surface area contributed by atoms with Crippen molar-refractivity contribution >= 4 is 34.3 Å². The molecule has 0 saturated heterocycles. The lowest BCUT2D eigenvalue weighted by molar-refractivity contribution is 0.0948. The summed E-state index contributed by atoms with van der Waals surface area (Å²) in [5.41, 5.74) is 6.28. The Balaban J connectivity index is 2.03. The predicted octanol–water partition coefficient (Wildman–Crippen LogP) is 2.69. The van der Waals surface area contributed by atoms with E-state index < -0.39 is 0 Å². The van der Waals surface area contributed by atoms with E-state index in [-0.39, 0.29) is 5.91 Å². The third kappa shape index (κ3) is 3.63. The van der Waals surface area contributed by atoms with Gasteiger partial charge in [-0.3, -0.25) is 4.79 Å². The number of nitrogen functional groups attached to an aromatic ring is 1. The quantitative estimate of drug-likeness (QED) is 0.802. The van der Waals surface area contributed by atoms with Crippen molar-refractivity contribution in [2.45, 2.75) is 12.8 Å². The van der Waals surface area contributed by atoms with Crippen LogP contribution in [0, 0.1) is 0 Å². The fourth-order valence-corrected chi connectivity index (χ4v) is 2.50. The van der Waals surface area contributed by atoms with Crippen LogP contribution in [0.1, 0.15) is 23.3 Å². The van der Waals surface area contributed by atoms with Gasteiger partial charge in [0.1, 0.15) is 11.5 Å². The molecule has 1 aromatic carbocycles. The van der Waals surface area contributed by atoms with Gasteiger partial charge in [-0.25, -0.2) is 4.98 Å². The number of hydrogen-bond acceptors (Lipinski definition) is 4. The molecule has 1 aromatic heterocycles. The highest BCUT2D eigenvalue weighted by Gasteiger charge is 2.09. The number of aromatic nitrogens is 1. The number of nitrogens with one attached hydrogen (secondary N) is 1. The molecule has 2 aromatic rings. The van der Waals surface area contributed by atoms with E-state index >= 15 is 0 Å². The zero-order chi connectivity index (χ0) is 14.4. The van der Waals surface area contributed by atoms with Gasteiger partial charge in [0.25, 0.3) is 5.91 Å². The van der Waals surface area contributed by atoms with E-state index in [9.17, 15) is 4.79 Å². The Morgan fingerprint density at radius 3 is 2.95 bits per heavy atom. The number of thioether (sulfide) groups is 1. The lowest BCUT2D eigenvalue weighted by atomic mass is 10.1. The van der Waals surface area contributed by atoms with Crippen molar-refractivity contribution in [2.24, 2.45) is 0 Å². The smallest absolute Gasteiger partial charge is 0.269 e. The second-order valence-electron chi connectivity index (χ2n) is 4.57. The van der Waals surface area contributed by atoms with Gasteiger partial charge >= 0.3 is 0 Å². The maximum Gasteiger partial charge on any atom is 0.269 e. The minimum Gasteiger partial charge on any atom is -0.383 e. The average Bonchev–Trinajstić information content (AvgIpc) is 2.47. The number of fused-ring (bicyclic) bond motifs is 1. The molecule has 106 valence electrons. The highest BCUT2D eigenvalue weighted by Crippen LogP contribution is 2.19. The Hall–Kier alpha value is -1.75. The summed E-state index contributed by atoms with van der Waals surface area (Å²) in [5, 5.41) is 4.70. The van der Waals surface area contributed by atoms with Crippen LogP contribution in [0.2, 0.25) is 0 Å². The molecular weight excluding hydrogens is 270 g/mol. The summed E-state index contributed by atoms with van der Waals surface area (Å²) < 4.78 is 0. The van der Waals surface area contributed by atoms with Crippen LogP contribution in [0.4, 0.5) is 5.82 Å². The predicted molar refractivity (Wildman–Crippen MR) is 86.1 cm³/mol. The summed E-state index contributed by atoms with van der Waals surface area (Å²) in [6.07, 6.45) is 4.17. The number of nitrogens with two attached hydrogens (primary N) is 1. The highest BCUT2D eigenvalue weighted by molar-refractivity contribution is 7.98. The molecule has 0 spiro atoms. The number of nitrogens with zero attached hydrogens (tertiary/aromatic N) is 1. The van der Waals surface area contributed by atoms with Crippen molar-refractivity contribution in [3.63, 3.8) is 0 Å². The first-order chi connectivity index (χ1) is 9.72. The Morgan fingerprint density at radius 2 is 2.15 bits per heavy atom. The van der Waals surface area contributed by atoms with Gasteiger partial charge in [-0.05, 0) is 36.3 Å². The van der Waals surface area contributed by atoms with E-state index in [4.69, 9.17) is 5.73 Å². The number of amides is 1. The number of hydrogen-bond donors (Lipinski definition) is 2. The van der Waals surface area contributed by atoms with Crippen LogP contribution < -0.4 is 11.1 Å². The molecule has 20 heavy (non-hydrogen) atoms. The molecule has 5 heteroatoms. The zero-order valence-electron chi connectivity index (χ0n) is 11.6. The van der Waals surface area contributed by atoms with Crippen LogP contribution in [0.15, 0.2) is 30.3 Å². The molecule has 0 unspecified atom stereocenters. The number of carbonyl (C=O) groups excluding carboxylic acids is 1. The molecule has 0 aliphatic carbocycles. The Morgan fingerprint density at radius 1 is 1.35 bits per heavy atom. The molecular formula is C15H19N3OS. The van der Waals surface area contributed by atoms with Crippen LogP contribution in [-0.4, -0.2) is 29.4 Å². The first-order valence-electron chi connectivity index (χ1n) is 6.65. The summed E-state index contributed by atoms with van der Waals surface area (Å²) in [4.78, 5) is 16.2.